The number of rotatable bonds is 8. The highest BCUT2D eigenvalue weighted by atomic mass is 127. The highest BCUT2D eigenvalue weighted by Crippen LogP contribution is 2.22. The van der Waals surface area contributed by atoms with Crippen molar-refractivity contribution in [3.05, 3.63) is 50.6 Å². The molecule has 2 aromatic rings. The van der Waals surface area contributed by atoms with E-state index in [1.54, 1.807) is 23.5 Å². The van der Waals surface area contributed by atoms with Crippen LogP contribution in [0.3, 0.4) is 0 Å². The minimum atomic E-state index is -2.87. The number of nitrogens with zero attached hydrogens (tertiary/aromatic N) is 1. The molecule has 0 radical (unpaired) electrons. The number of thiophene rings is 1. The van der Waals surface area contributed by atoms with Crippen LogP contribution in [-0.4, -0.2) is 30.8 Å². The maximum absolute atomic E-state index is 12.2. The second kappa shape index (κ2) is 12.5. The van der Waals surface area contributed by atoms with Gasteiger partial charge in [-0.05, 0) is 52.7 Å². The van der Waals surface area contributed by atoms with Crippen molar-refractivity contribution in [3.63, 3.8) is 0 Å². The van der Waals surface area contributed by atoms with Crippen molar-refractivity contribution < 1.29 is 18.6 Å². The lowest BCUT2D eigenvalue weighted by atomic mass is 10.1. The number of alkyl halides is 2. The molecule has 150 valence electrons. The van der Waals surface area contributed by atoms with Crippen molar-refractivity contribution in [1.82, 2.24) is 10.6 Å². The first kappa shape index (κ1) is 24.1. The van der Waals surface area contributed by atoms with E-state index in [9.17, 15) is 13.9 Å². The molecule has 0 amide bonds. The second-order valence-corrected chi connectivity index (χ2v) is 7.79. The van der Waals surface area contributed by atoms with Crippen LogP contribution in [0.25, 0.3) is 0 Å². The Morgan fingerprint density at radius 1 is 1.22 bits per heavy atom. The van der Waals surface area contributed by atoms with E-state index >= 15 is 0 Å². The topological polar surface area (TPSA) is 65.9 Å². The largest absolute Gasteiger partial charge is 0.435 e. The normalized spacial score (nSPS) is 12.4. The summed E-state index contributed by atoms with van der Waals surface area (Å²) in [5, 5.41) is 16.4. The zero-order valence-electron chi connectivity index (χ0n) is 14.5. The van der Waals surface area contributed by atoms with Gasteiger partial charge in [-0.3, -0.25) is 0 Å². The Bertz CT molecular complexity index is 716. The number of nitrogens with one attached hydrogen (secondary N) is 2. The summed E-state index contributed by atoms with van der Waals surface area (Å²) in [6, 6.07) is 9.88. The van der Waals surface area contributed by atoms with Gasteiger partial charge in [0.1, 0.15) is 5.75 Å². The number of ether oxygens (including phenoxy) is 1. The minimum Gasteiger partial charge on any atom is -0.435 e. The summed E-state index contributed by atoms with van der Waals surface area (Å²) in [6.07, 6.45) is -0.810. The van der Waals surface area contributed by atoms with Gasteiger partial charge in [-0.15, -0.1) is 35.3 Å². The van der Waals surface area contributed by atoms with Crippen molar-refractivity contribution in [2.24, 2.45) is 4.99 Å². The number of benzene rings is 1. The molecule has 2 rings (SSSR count). The van der Waals surface area contributed by atoms with Crippen molar-refractivity contribution in [2.45, 2.75) is 26.2 Å². The van der Waals surface area contributed by atoms with Crippen molar-refractivity contribution in [3.8, 4) is 5.75 Å². The summed E-state index contributed by atoms with van der Waals surface area (Å²) in [5.41, 5.74) is 0.595. The highest BCUT2D eigenvalue weighted by Gasteiger charge is 2.10. The Morgan fingerprint density at radius 3 is 2.48 bits per heavy atom. The molecule has 0 saturated heterocycles. The third kappa shape index (κ3) is 8.71. The van der Waals surface area contributed by atoms with Gasteiger partial charge in [0, 0.05) is 18.0 Å². The molecule has 0 bridgehead atoms. The maximum Gasteiger partial charge on any atom is 0.387 e. The summed E-state index contributed by atoms with van der Waals surface area (Å²) in [6.45, 7) is 0.540. The zero-order chi connectivity index (χ0) is 18.9. The summed E-state index contributed by atoms with van der Waals surface area (Å²) in [5.74, 6) is 0.648. The molecule has 5 nitrogen and oxygen atoms in total. The first-order valence-corrected chi connectivity index (χ1v) is 9.58. The van der Waals surface area contributed by atoms with Crippen LogP contribution in [0.5, 0.6) is 5.75 Å². The highest BCUT2D eigenvalue weighted by molar-refractivity contribution is 14.0. The third-order valence-corrected chi connectivity index (χ3v) is 4.93. The van der Waals surface area contributed by atoms with Gasteiger partial charge in [0.15, 0.2) is 5.96 Å². The van der Waals surface area contributed by atoms with Crippen molar-refractivity contribution >= 4 is 57.2 Å². The maximum atomic E-state index is 12.2. The fourth-order valence-corrected chi connectivity index (χ4v) is 3.53. The molecule has 0 aliphatic carbocycles. The van der Waals surface area contributed by atoms with Gasteiger partial charge < -0.3 is 20.5 Å². The van der Waals surface area contributed by atoms with Crippen LogP contribution in [0.15, 0.2) is 45.2 Å². The van der Waals surface area contributed by atoms with Gasteiger partial charge in [-0.1, -0.05) is 12.1 Å². The number of guanidine groups is 1. The molecule has 0 saturated carbocycles. The van der Waals surface area contributed by atoms with Gasteiger partial charge in [0.25, 0.3) is 0 Å². The molecule has 1 unspecified atom stereocenters. The predicted octanol–water partition coefficient (Wildman–Crippen LogP) is 4.52. The first-order valence-electron chi connectivity index (χ1n) is 7.97. The average molecular weight is 576 g/mol. The molecule has 1 heterocycles. The lowest BCUT2D eigenvalue weighted by Gasteiger charge is -2.16. The Balaban J connectivity index is 0.00000364. The molecule has 1 atom stereocenters. The smallest absolute Gasteiger partial charge is 0.387 e. The van der Waals surface area contributed by atoms with Crippen LogP contribution in [-0.2, 0) is 6.54 Å². The summed E-state index contributed by atoms with van der Waals surface area (Å²) >= 11 is 5.03. The molecule has 3 N–H and O–H groups in total. The SMILES string of the molecule is CCNC(=NCc1ccc(Br)s1)NCC(O)c1ccc(OC(F)F)cc1.I. The number of aliphatic hydroxyl groups excluding tert-OH is 1. The Kier molecular flexibility index (Phi) is 11.1. The van der Waals surface area contributed by atoms with E-state index in [4.69, 9.17) is 0 Å². The Labute approximate surface area is 186 Å². The van der Waals surface area contributed by atoms with Crippen LogP contribution in [0.2, 0.25) is 0 Å². The van der Waals surface area contributed by atoms with Crippen LogP contribution < -0.4 is 15.4 Å². The van der Waals surface area contributed by atoms with Gasteiger partial charge in [0.2, 0.25) is 0 Å². The van der Waals surface area contributed by atoms with Gasteiger partial charge >= 0.3 is 6.61 Å². The Hall–Kier alpha value is -0.980. The van der Waals surface area contributed by atoms with Crippen LogP contribution >= 0.6 is 51.2 Å². The van der Waals surface area contributed by atoms with E-state index in [1.807, 2.05) is 19.1 Å². The second-order valence-electron chi connectivity index (χ2n) is 5.25. The van der Waals surface area contributed by atoms with Gasteiger partial charge in [-0.2, -0.15) is 8.78 Å². The summed E-state index contributed by atoms with van der Waals surface area (Å²) < 4.78 is 29.7. The van der Waals surface area contributed by atoms with Crippen molar-refractivity contribution in [1.29, 1.82) is 0 Å². The molecule has 0 aliphatic rings. The number of hydrogen-bond donors (Lipinski definition) is 3. The predicted molar refractivity (Wildman–Crippen MR) is 118 cm³/mol. The molecule has 0 spiro atoms. The molecular formula is C17H21BrF2IN3O2S. The fourth-order valence-electron chi connectivity index (χ4n) is 2.12. The minimum absolute atomic E-state index is 0. The van der Waals surface area contributed by atoms with E-state index in [0.717, 1.165) is 8.66 Å². The van der Waals surface area contributed by atoms with E-state index < -0.39 is 12.7 Å². The van der Waals surface area contributed by atoms with Crippen LogP contribution in [0, 0.1) is 0 Å². The molecule has 1 aromatic carbocycles. The molecular weight excluding hydrogens is 555 g/mol. The van der Waals surface area contributed by atoms with Gasteiger partial charge in [0.05, 0.1) is 16.4 Å². The number of halogens is 4. The molecule has 0 fully saturated rings. The van der Waals surface area contributed by atoms with Gasteiger partial charge in [-0.25, -0.2) is 4.99 Å². The lowest BCUT2D eigenvalue weighted by molar-refractivity contribution is -0.0498. The number of aliphatic hydroxyl groups is 1. The number of aliphatic imine (C=N–C) groups is 1. The molecule has 27 heavy (non-hydrogen) atoms. The van der Waals surface area contributed by atoms with E-state index in [0.29, 0.717) is 24.6 Å². The first-order chi connectivity index (χ1) is 12.5. The average Bonchev–Trinajstić information content (AvgIpc) is 3.02. The standard InChI is InChI=1S/C17H20BrF2N3O2S.HI/c1-2-21-17(22-9-13-7-8-15(18)26-13)23-10-14(24)11-3-5-12(6-4-11)25-16(19)20;/h3-8,14,16,24H,2,9-10H2,1H3,(H2,21,22,23);1H. The van der Waals surface area contributed by atoms with E-state index in [-0.39, 0.29) is 36.3 Å². The summed E-state index contributed by atoms with van der Waals surface area (Å²) in [7, 11) is 0. The van der Waals surface area contributed by atoms with E-state index in [1.165, 1.54) is 12.1 Å². The zero-order valence-corrected chi connectivity index (χ0v) is 19.2. The monoisotopic (exact) mass is 575 g/mol. The molecule has 0 aliphatic heterocycles. The third-order valence-electron chi connectivity index (χ3n) is 3.32. The molecule has 1 aromatic heterocycles. The lowest BCUT2D eigenvalue weighted by Crippen LogP contribution is -2.39. The number of hydrogen-bond acceptors (Lipinski definition) is 4. The van der Waals surface area contributed by atoms with Crippen LogP contribution in [0.4, 0.5) is 8.78 Å². The molecule has 10 heteroatoms. The van der Waals surface area contributed by atoms with E-state index in [2.05, 4.69) is 36.3 Å². The Morgan fingerprint density at radius 2 is 1.93 bits per heavy atom. The fraction of sp³-hybridized carbons (Fsp3) is 0.353. The quantitative estimate of drug-likeness (QED) is 0.246. The van der Waals surface area contributed by atoms with Crippen LogP contribution in [0.1, 0.15) is 23.5 Å². The summed E-state index contributed by atoms with van der Waals surface area (Å²) in [4.78, 5) is 5.59. The van der Waals surface area contributed by atoms with Crippen molar-refractivity contribution in [2.75, 3.05) is 13.1 Å².